The number of nitro groups is 1. The minimum Gasteiger partial charge on any atom is -0.258 e. The van der Waals surface area contributed by atoms with Crippen LogP contribution in [0.4, 0.5) is 0 Å². The fraction of sp³-hybridized carbons (Fsp3) is 0.333. The van der Waals surface area contributed by atoms with Gasteiger partial charge in [0.25, 0.3) is 5.70 Å². The predicted octanol–water partition coefficient (Wildman–Crippen LogP) is 1.74. The Balaban J connectivity index is 4.14. The average Bonchev–Trinajstić information content (AvgIpc) is 1.82. The van der Waals surface area contributed by atoms with E-state index in [1.807, 2.05) is 6.92 Å². The highest BCUT2D eigenvalue weighted by Gasteiger charge is 2.00. The number of hydrogen-bond acceptors (Lipinski definition) is 2. The standard InChI is InChI=1S/C6H9NO2/c1-3-5-6(4-2)7(8)9/h4-5H,2-3H2,1H3/b6-5+. The van der Waals surface area contributed by atoms with Crippen molar-refractivity contribution in [2.24, 2.45) is 0 Å². The van der Waals surface area contributed by atoms with Crippen molar-refractivity contribution in [3.63, 3.8) is 0 Å². The zero-order chi connectivity index (χ0) is 7.28. The molecule has 0 aromatic rings. The van der Waals surface area contributed by atoms with Gasteiger partial charge in [-0.1, -0.05) is 13.5 Å². The van der Waals surface area contributed by atoms with Gasteiger partial charge in [-0.05, 0) is 12.5 Å². The molecule has 0 fully saturated rings. The molecule has 0 saturated carbocycles. The van der Waals surface area contributed by atoms with Crippen molar-refractivity contribution in [1.82, 2.24) is 0 Å². The summed E-state index contributed by atoms with van der Waals surface area (Å²) in [5.74, 6) is 0. The van der Waals surface area contributed by atoms with Crippen molar-refractivity contribution >= 4 is 0 Å². The van der Waals surface area contributed by atoms with Crippen LogP contribution >= 0.6 is 0 Å². The summed E-state index contributed by atoms with van der Waals surface area (Å²) in [6, 6.07) is 0. The summed E-state index contributed by atoms with van der Waals surface area (Å²) in [4.78, 5) is 9.54. The van der Waals surface area contributed by atoms with Crippen molar-refractivity contribution in [3.8, 4) is 0 Å². The van der Waals surface area contributed by atoms with Crippen LogP contribution in [0.2, 0.25) is 0 Å². The molecule has 3 nitrogen and oxygen atoms in total. The van der Waals surface area contributed by atoms with Gasteiger partial charge in [0.1, 0.15) is 0 Å². The summed E-state index contributed by atoms with van der Waals surface area (Å²) >= 11 is 0. The molecular formula is C6H9NO2. The van der Waals surface area contributed by atoms with Gasteiger partial charge < -0.3 is 0 Å². The minimum atomic E-state index is -0.448. The second-order valence-corrected chi connectivity index (χ2v) is 1.50. The van der Waals surface area contributed by atoms with Gasteiger partial charge >= 0.3 is 0 Å². The lowest BCUT2D eigenvalue weighted by Gasteiger charge is -1.86. The van der Waals surface area contributed by atoms with Crippen LogP contribution < -0.4 is 0 Å². The molecule has 0 radical (unpaired) electrons. The van der Waals surface area contributed by atoms with Crippen LogP contribution in [0.25, 0.3) is 0 Å². The summed E-state index contributed by atoms with van der Waals surface area (Å²) in [5, 5.41) is 9.99. The van der Waals surface area contributed by atoms with E-state index in [-0.39, 0.29) is 5.70 Å². The quantitative estimate of drug-likeness (QED) is 0.329. The van der Waals surface area contributed by atoms with E-state index in [0.717, 1.165) is 0 Å². The smallest absolute Gasteiger partial charge is 0.258 e. The highest BCUT2D eigenvalue weighted by atomic mass is 16.6. The van der Waals surface area contributed by atoms with Crippen molar-refractivity contribution in [1.29, 1.82) is 0 Å². The normalized spacial score (nSPS) is 11.0. The van der Waals surface area contributed by atoms with E-state index < -0.39 is 4.92 Å². The molecule has 0 amide bonds. The third-order valence-corrected chi connectivity index (χ3v) is 0.833. The molecule has 0 unspecified atom stereocenters. The summed E-state index contributed by atoms with van der Waals surface area (Å²) in [6.45, 7) is 5.13. The molecule has 0 rings (SSSR count). The molecule has 3 heteroatoms. The average molecular weight is 127 g/mol. The van der Waals surface area contributed by atoms with E-state index in [4.69, 9.17) is 0 Å². The predicted molar refractivity (Wildman–Crippen MR) is 35.6 cm³/mol. The molecule has 0 aliphatic rings. The molecule has 0 spiro atoms. The van der Waals surface area contributed by atoms with E-state index in [1.54, 1.807) is 0 Å². The molecule has 0 atom stereocenters. The van der Waals surface area contributed by atoms with Gasteiger partial charge in [-0.3, -0.25) is 10.1 Å². The molecule has 0 aliphatic carbocycles. The number of nitrogens with zero attached hydrogens (tertiary/aromatic N) is 1. The summed E-state index contributed by atoms with van der Waals surface area (Å²) < 4.78 is 0. The Kier molecular flexibility index (Phi) is 3.35. The SMILES string of the molecule is C=C/C(=C\CC)[N+](=O)[O-]. The van der Waals surface area contributed by atoms with E-state index in [2.05, 4.69) is 6.58 Å². The molecule has 50 valence electrons. The fourth-order valence-electron chi connectivity index (χ4n) is 0.442. The first-order valence-electron chi connectivity index (χ1n) is 2.69. The Bertz CT molecular complexity index is 149. The Morgan fingerprint density at radius 2 is 2.44 bits per heavy atom. The van der Waals surface area contributed by atoms with Crippen molar-refractivity contribution in [3.05, 3.63) is 34.5 Å². The third-order valence-electron chi connectivity index (χ3n) is 0.833. The molecule has 0 N–H and O–H groups in total. The van der Waals surface area contributed by atoms with Gasteiger partial charge in [-0.15, -0.1) is 0 Å². The lowest BCUT2D eigenvalue weighted by atomic mass is 10.3. The third kappa shape index (κ3) is 2.64. The molecule has 0 bridgehead atoms. The zero-order valence-electron chi connectivity index (χ0n) is 5.33. The van der Waals surface area contributed by atoms with Crippen molar-refractivity contribution in [2.75, 3.05) is 0 Å². The van der Waals surface area contributed by atoms with Crippen LogP contribution in [0.15, 0.2) is 24.4 Å². The van der Waals surface area contributed by atoms with Crippen LogP contribution in [0, 0.1) is 10.1 Å². The molecular weight excluding hydrogens is 118 g/mol. The molecule has 0 saturated heterocycles. The number of rotatable bonds is 3. The monoisotopic (exact) mass is 127 g/mol. The Morgan fingerprint density at radius 1 is 1.89 bits per heavy atom. The lowest BCUT2D eigenvalue weighted by molar-refractivity contribution is -0.419. The Hall–Kier alpha value is -1.12. The van der Waals surface area contributed by atoms with Gasteiger partial charge in [0.2, 0.25) is 0 Å². The first kappa shape index (κ1) is 7.88. The maximum Gasteiger partial charge on any atom is 0.264 e. The van der Waals surface area contributed by atoms with Gasteiger partial charge in [0, 0.05) is 6.08 Å². The summed E-state index contributed by atoms with van der Waals surface area (Å²) in [7, 11) is 0. The van der Waals surface area contributed by atoms with Gasteiger partial charge in [0.05, 0.1) is 4.92 Å². The lowest BCUT2D eigenvalue weighted by Crippen LogP contribution is -1.93. The maximum atomic E-state index is 9.99. The molecule has 0 aromatic carbocycles. The fourth-order valence-corrected chi connectivity index (χ4v) is 0.442. The van der Waals surface area contributed by atoms with E-state index in [0.29, 0.717) is 6.42 Å². The number of allylic oxidation sites excluding steroid dienone is 2. The minimum absolute atomic E-state index is 0.0810. The molecule has 0 heterocycles. The van der Waals surface area contributed by atoms with E-state index in [9.17, 15) is 10.1 Å². The van der Waals surface area contributed by atoms with Crippen LogP contribution in [0.5, 0.6) is 0 Å². The largest absolute Gasteiger partial charge is 0.264 e. The summed E-state index contributed by atoms with van der Waals surface area (Å²) in [6.07, 6.45) is 3.43. The maximum absolute atomic E-state index is 9.99. The first-order valence-corrected chi connectivity index (χ1v) is 2.69. The zero-order valence-corrected chi connectivity index (χ0v) is 5.33. The van der Waals surface area contributed by atoms with Crippen LogP contribution in [-0.2, 0) is 0 Å². The van der Waals surface area contributed by atoms with E-state index in [1.165, 1.54) is 12.2 Å². The molecule has 9 heavy (non-hydrogen) atoms. The summed E-state index contributed by atoms with van der Waals surface area (Å²) in [5.41, 5.74) is 0.0810. The first-order chi connectivity index (χ1) is 4.22. The van der Waals surface area contributed by atoms with Crippen molar-refractivity contribution < 1.29 is 4.92 Å². The number of hydrogen-bond donors (Lipinski definition) is 0. The highest BCUT2D eigenvalue weighted by Crippen LogP contribution is 1.96. The van der Waals surface area contributed by atoms with Crippen LogP contribution in [0.1, 0.15) is 13.3 Å². The van der Waals surface area contributed by atoms with E-state index >= 15 is 0 Å². The van der Waals surface area contributed by atoms with Gasteiger partial charge in [-0.2, -0.15) is 0 Å². The van der Waals surface area contributed by atoms with Gasteiger partial charge in [-0.25, -0.2) is 0 Å². The second kappa shape index (κ2) is 3.83. The highest BCUT2D eigenvalue weighted by molar-refractivity contribution is 5.06. The topological polar surface area (TPSA) is 43.1 Å². The van der Waals surface area contributed by atoms with Crippen LogP contribution in [-0.4, -0.2) is 4.92 Å². The van der Waals surface area contributed by atoms with Crippen molar-refractivity contribution in [2.45, 2.75) is 13.3 Å². The second-order valence-electron chi connectivity index (χ2n) is 1.50. The van der Waals surface area contributed by atoms with Crippen LogP contribution in [0.3, 0.4) is 0 Å². The molecule has 0 aromatic heterocycles. The molecule has 0 aliphatic heterocycles. The Morgan fingerprint density at radius 3 is 2.56 bits per heavy atom. The van der Waals surface area contributed by atoms with Gasteiger partial charge in [0.15, 0.2) is 0 Å². The Labute approximate surface area is 53.8 Å².